The van der Waals surface area contributed by atoms with Crippen molar-refractivity contribution in [2.45, 2.75) is 26.3 Å². The lowest BCUT2D eigenvalue weighted by molar-refractivity contribution is -0.125. The molecule has 1 aromatic rings. The van der Waals surface area contributed by atoms with Crippen molar-refractivity contribution in [2.24, 2.45) is 5.92 Å². The summed E-state index contributed by atoms with van der Waals surface area (Å²) in [5.41, 5.74) is 1.13. The molecule has 0 spiro atoms. The Balaban J connectivity index is 2.51. The smallest absolute Gasteiger partial charge is 0.223 e. The minimum absolute atomic E-state index is 0.0190. The molecule has 0 aromatic heterocycles. The standard InChI is InChI=1S/C13H18BrNO2/c1-9(13(17)15-10(2)8-16)7-11-3-5-12(14)6-4-11/h3-6,9-10,16H,7-8H2,1-2H3,(H,15,17)/t9-,10+/m1/s1. The highest BCUT2D eigenvalue weighted by Crippen LogP contribution is 2.14. The minimum atomic E-state index is -0.185. The molecule has 0 saturated carbocycles. The summed E-state index contributed by atoms with van der Waals surface area (Å²) in [5, 5.41) is 11.6. The van der Waals surface area contributed by atoms with Crippen molar-refractivity contribution in [3.63, 3.8) is 0 Å². The van der Waals surface area contributed by atoms with Gasteiger partial charge in [0.05, 0.1) is 6.61 Å². The first-order valence-electron chi connectivity index (χ1n) is 5.68. The van der Waals surface area contributed by atoms with Crippen LogP contribution in [-0.4, -0.2) is 23.7 Å². The quantitative estimate of drug-likeness (QED) is 0.875. The fourth-order valence-corrected chi connectivity index (χ4v) is 1.76. The number of benzene rings is 1. The molecule has 2 N–H and O–H groups in total. The third-order valence-corrected chi connectivity index (χ3v) is 3.09. The van der Waals surface area contributed by atoms with Crippen molar-refractivity contribution in [1.29, 1.82) is 0 Å². The summed E-state index contributed by atoms with van der Waals surface area (Å²) in [6.45, 7) is 3.64. The van der Waals surface area contributed by atoms with E-state index in [1.54, 1.807) is 6.92 Å². The van der Waals surface area contributed by atoms with Crippen molar-refractivity contribution in [3.8, 4) is 0 Å². The van der Waals surface area contributed by atoms with Crippen LogP contribution in [0.5, 0.6) is 0 Å². The highest BCUT2D eigenvalue weighted by atomic mass is 79.9. The fraction of sp³-hybridized carbons (Fsp3) is 0.462. The maximum absolute atomic E-state index is 11.8. The Hall–Kier alpha value is -0.870. The van der Waals surface area contributed by atoms with E-state index in [1.165, 1.54) is 0 Å². The molecule has 0 aliphatic heterocycles. The zero-order valence-corrected chi connectivity index (χ0v) is 11.7. The average Bonchev–Trinajstić information content (AvgIpc) is 2.31. The zero-order valence-electron chi connectivity index (χ0n) is 10.1. The van der Waals surface area contributed by atoms with Gasteiger partial charge in [0.1, 0.15) is 0 Å². The van der Waals surface area contributed by atoms with Crippen LogP contribution in [0.15, 0.2) is 28.7 Å². The van der Waals surface area contributed by atoms with Crippen molar-refractivity contribution in [1.82, 2.24) is 5.32 Å². The van der Waals surface area contributed by atoms with Crippen LogP contribution >= 0.6 is 15.9 Å². The maximum Gasteiger partial charge on any atom is 0.223 e. The molecule has 0 heterocycles. The maximum atomic E-state index is 11.8. The van der Waals surface area contributed by atoms with Gasteiger partial charge in [-0.2, -0.15) is 0 Å². The lowest BCUT2D eigenvalue weighted by atomic mass is 10.0. The highest BCUT2D eigenvalue weighted by Gasteiger charge is 2.15. The van der Waals surface area contributed by atoms with E-state index in [-0.39, 0.29) is 24.5 Å². The summed E-state index contributed by atoms with van der Waals surface area (Å²) in [6, 6.07) is 7.76. The summed E-state index contributed by atoms with van der Waals surface area (Å²) in [7, 11) is 0. The molecule has 4 heteroatoms. The first kappa shape index (κ1) is 14.2. The first-order valence-corrected chi connectivity index (χ1v) is 6.48. The Labute approximate surface area is 110 Å². The average molecular weight is 300 g/mol. The van der Waals surface area contributed by atoms with Crippen LogP contribution in [0.3, 0.4) is 0 Å². The molecule has 0 aliphatic carbocycles. The van der Waals surface area contributed by atoms with Gasteiger partial charge < -0.3 is 10.4 Å². The zero-order chi connectivity index (χ0) is 12.8. The van der Waals surface area contributed by atoms with E-state index in [9.17, 15) is 4.79 Å². The molecule has 1 rings (SSSR count). The van der Waals surface area contributed by atoms with E-state index in [0.29, 0.717) is 6.42 Å². The molecule has 0 unspecified atom stereocenters. The number of aliphatic hydroxyl groups excluding tert-OH is 1. The van der Waals surface area contributed by atoms with E-state index < -0.39 is 0 Å². The van der Waals surface area contributed by atoms with Crippen molar-refractivity contribution < 1.29 is 9.90 Å². The molecule has 0 radical (unpaired) electrons. The van der Waals surface area contributed by atoms with E-state index in [2.05, 4.69) is 21.2 Å². The van der Waals surface area contributed by atoms with Gasteiger partial charge in [0.2, 0.25) is 5.91 Å². The van der Waals surface area contributed by atoms with Crippen LogP contribution in [0.4, 0.5) is 0 Å². The SMILES string of the molecule is C[C@H](Cc1ccc(Br)cc1)C(=O)N[C@@H](C)CO. The molecule has 0 fully saturated rings. The summed E-state index contributed by atoms with van der Waals surface area (Å²) >= 11 is 3.38. The van der Waals surface area contributed by atoms with Crippen molar-refractivity contribution in [2.75, 3.05) is 6.61 Å². The van der Waals surface area contributed by atoms with Crippen LogP contribution in [0.2, 0.25) is 0 Å². The Morgan fingerprint density at radius 3 is 2.47 bits per heavy atom. The van der Waals surface area contributed by atoms with Crippen LogP contribution in [0.1, 0.15) is 19.4 Å². The van der Waals surface area contributed by atoms with Gasteiger partial charge in [-0.15, -0.1) is 0 Å². The van der Waals surface area contributed by atoms with Gasteiger partial charge in [-0.1, -0.05) is 35.0 Å². The molecular weight excluding hydrogens is 282 g/mol. The Morgan fingerprint density at radius 1 is 1.35 bits per heavy atom. The van der Waals surface area contributed by atoms with E-state index in [0.717, 1.165) is 10.0 Å². The second-order valence-corrected chi connectivity index (χ2v) is 5.24. The predicted octanol–water partition coefficient (Wildman–Crippen LogP) is 2.12. The number of aliphatic hydroxyl groups is 1. The molecule has 0 bridgehead atoms. The van der Waals surface area contributed by atoms with Gasteiger partial charge in [0.15, 0.2) is 0 Å². The number of hydrogen-bond acceptors (Lipinski definition) is 2. The normalized spacial score (nSPS) is 14.1. The molecule has 1 aromatic carbocycles. The van der Waals surface area contributed by atoms with Gasteiger partial charge in [0.25, 0.3) is 0 Å². The second kappa shape index (κ2) is 6.77. The number of hydrogen-bond donors (Lipinski definition) is 2. The molecule has 1 amide bonds. The van der Waals surface area contributed by atoms with Crippen LogP contribution in [0.25, 0.3) is 0 Å². The molecule has 0 aliphatic rings. The third-order valence-electron chi connectivity index (χ3n) is 2.57. The van der Waals surface area contributed by atoms with Crippen molar-refractivity contribution in [3.05, 3.63) is 34.3 Å². The van der Waals surface area contributed by atoms with E-state index >= 15 is 0 Å². The van der Waals surface area contributed by atoms with Gasteiger partial charge in [-0.3, -0.25) is 4.79 Å². The topological polar surface area (TPSA) is 49.3 Å². The lowest BCUT2D eigenvalue weighted by Gasteiger charge is -2.15. The minimum Gasteiger partial charge on any atom is -0.394 e. The van der Waals surface area contributed by atoms with Gasteiger partial charge in [-0.05, 0) is 31.0 Å². The Kier molecular flexibility index (Phi) is 5.65. The van der Waals surface area contributed by atoms with E-state index in [1.807, 2.05) is 31.2 Å². The number of nitrogens with one attached hydrogen (secondary N) is 1. The summed E-state index contributed by atoms with van der Waals surface area (Å²) in [4.78, 5) is 11.8. The second-order valence-electron chi connectivity index (χ2n) is 4.32. The summed E-state index contributed by atoms with van der Waals surface area (Å²) in [6.07, 6.45) is 0.706. The molecule has 0 saturated heterocycles. The predicted molar refractivity (Wildman–Crippen MR) is 71.7 cm³/mol. The van der Waals surface area contributed by atoms with Crippen LogP contribution in [-0.2, 0) is 11.2 Å². The largest absolute Gasteiger partial charge is 0.394 e. The monoisotopic (exact) mass is 299 g/mol. The molecule has 94 valence electrons. The Bertz CT molecular complexity index is 364. The number of carbonyl (C=O) groups is 1. The molecule has 3 nitrogen and oxygen atoms in total. The van der Waals surface area contributed by atoms with Gasteiger partial charge >= 0.3 is 0 Å². The lowest BCUT2D eigenvalue weighted by Crippen LogP contribution is -2.38. The number of amides is 1. The highest BCUT2D eigenvalue weighted by molar-refractivity contribution is 9.10. The molecule has 17 heavy (non-hydrogen) atoms. The van der Waals surface area contributed by atoms with Gasteiger partial charge in [-0.25, -0.2) is 0 Å². The van der Waals surface area contributed by atoms with Gasteiger partial charge in [0, 0.05) is 16.4 Å². The van der Waals surface area contributed by atoms with Crippen LogP contribution in [0, 0.1) is 5.92 Å². The number of carbonyl (C=O) groups excluding carboxylic acids is 1. The third kappa shape index (κ3) is 4.88. The van der Waals surface area contributed by atoms with E-state index in [4.69, 9.17) is 5.11 Å². The number of halogens is 1. The van der Waals surface area contributed by atoms with Crippen molar-refractivity contribution >= 4 is 21.8 Å². The Morgan fingerprint density at radius 2 is 1.94 bits per heavy atom. The fourth-order valence-electron chi connectivity index (χ4n) is 1.50. The first-order chi connectivity index (χ1) is 8.02. The molecular formula is C13H18BrNO2. The summed E-state index contributed by atoms with van der Waals surface area (Å²) < 4.78 is 1.03. The molecule has 2 atom stereocenters. The summed E-state index contributed by atoms with van der Waals surface area (Å²) in [5.74, 6) is -0.111. The number of rotatable bonds is 5. The van der Waals surface area contributed by atoms with Crippen LogP contribution < -0.4 is 5.32 Å².